The number of benzene rings is 1. The highest BCUT2D eigenvalue weighted by molar-refractivity contribution is 7.98. The summed E-state index contributed by atoms with van der Waals surface area (Å²) in [5.41, 5.74) is 6.94. The van der Waals surface area contributed by atoms with Gasteiger partial charge in [-0.1, -0.05) is 48.2 Å². The molecule has 0 aliphatic rings. The second kappa shape index (κ2) is 6.84. The summed E-state index contributed by atoms with van der Waals surface area (Å²) in [6, 6.07) is 11.4. The van der Waals surface area contributed by atoms with Gasteiger partial charge in [-0.3, -0.25) is 15.0 Å². The third kappa shape index (κ3) is 3.49. The lowest BCUT2D eigenvalue weighted by molar-refractivity contribution is 0.890. The summed E-state index contributed by atoms with van der Waals surface area (Å²) in [7, 11) is 0. The zero-order valence-corrected chi connectivity index (χ0v) is 14.3. The monoisotopic (exact) mass is 366 g/mol. The fourth-order valence-electron chi connectivity index (χ4n) is 2.29. The van der Waals surface area contributed by atoms with Crippen LogP contribution in [0.5, 0.6) is 0 Å². The van der Waals surface area contributed by atoms with E-state index < -0.39 is 0 Å². The van der Waals surface area contributed by atoms with Gasteiger partial charge < -0.3 is 5.73 Å². The first kappa shape index (κ1) is 16.1. The van der Waals surface area contributed by atoms with Crippen LogP contribution in [0, 0.1) is 0 Å². The highest BCUT2D eigenvalue weighted by Crippen LogP contribution is 2.18. The van der Waals surface area contributed by atoms with E-state index in [4.69, 9.17) is 5.73 Å². The van der Waals surface area contributed by atoms with Crippen molar-refractivity contribution in [3.05, 3.63) is 63.8 Å². The number of aromatic nitrogens is 7. The highest BCUT2D eigenvalue weighted by Gasteiger charge is 2.08. The molecule has 26 heavy (non-hydrogen) atoms. The van der Waals surface area contributed by atoms with E-state index in [0.717, 1.165) is 5.56 Å². The Morgan fingerprint density at radius 3 is 2.85 bits per heavy atom. The molecule has 3 aromatic heterocycles. The first-order valence-electron chi connectivity index (χ1n) is 7.70. The van der Waals surface area contributed by atoms with Crippen LogP contribution in [0.25, 0.3) is 17.9 Å². The number of fused-ring (bicyclic) bond motifs is 1. The largest absolute Gasteiger partial charge is 0.368 e. The van der Waals surface area contributed by atoms with Gasteiger partial charge in [-0.2, -0.15) is 9.50 Å². The van der Waals surface area contributed by atoms with Crippen molar-refractivity contribution < 1.29 is 0 Å². The van der Waals surface area contributed by atoms with Crippen molar-refractivity contribution in [2.24, 2.45) is 0 Å². The summed E-state index contributed by atoms with van der Waals surface area (Å²) in [6.07, 6.45) is 3.81. The van der Waals surface area contributed by atoms with Crippen molar-refractivity contribution in [2.75, 3.05) is 5.73 Å². The summed E-state index contributed by atoms with van der Waals surface area (Å²) in [4.78, 5) is 24.6. The van der Waals surface area contributed by atoms with Gasteiger partial charge in [0, 0.05) is 11.8 Å². The molecule has 130 valence electrons. The average Bonchev–Trinajstić information content (AvgIpc) is 3.25. The Morgan fingerprint density at radius 2 is 2.00 bits per heavy atom. The molecule has 0 amide bonds. The fraction of sp³-hybridized carbons (Fsp3) is 0.0625. The van der Waals surface area contributed by atoms with E-state index in [-0.39, 0.29) is 17.3 Å². The molecule has 0 saturated heterocycles. The lowest BCUT2D eigenvalue weighted by atomic mass is 10.2. The number of hydrogen-bond donors (Lipinski definition) is 3. The number of nitrogens with zero attached hydrogens (tertiary/aromatic N) is 5. The molecule has 0 aliphatic heterocycles. The van der Waals surface area contributed by atoms with E-state index in [9.17, 15) is 4.79 Å². The molecule has 0 radical (unpaired) electrons. The van der Waals surface area contributed by atoms with Crippen LogP contribution in [-0.2, 0) is 5.75 Å². The van der Waals surface area contributed by atoms with Crippen molar-refractivity contribution in [3.8, 4) is 0 Å². The predicted molar refractivity (Wildman–Crippen MR) is 99.3 cm³/mol. The van der Waals surface area contributed by atoms with Crippen LogP contribution < -0.4 is 11.3 Å². The normalized spacial score (nSPS) is 11.5. The number of hydrogen-bond acceptors (Lipinski definition) is 7. The Kier molecular flexibility index (Phi) is 4.23. The summed E-state index contributed by atoms with van der Waals surface area (Å²) < 4.78 is 1.20. The Hall–Kier alpha value is -3.40. The SMILES string of the molecule is Nc1nc2nc(CSc3n[nH]c(/C=C/c4ccccc4)n3)cc(=O)n2[nH]1. The summed E-state index contributed by atoms with van der Waals surface area (Å²) in [5.74, 6) is 1.48. The standard InChI is InChI=1S/C16H14N8OS/c17-14-20-15-18-11(8-13(25)24(15)23-14)9-26-16-19-12(21-22-16)7-6-10-4-2-1-3-5-10/h1-8H,9H2,(H,19,21,22)(H3,17,18,20,23)/b7-6+. The number of nitrogen functional groups attached to an aromatic ring is 1. The first-order valence-corrected chi connectivity index (χ1v) is 8.68. The maximum Gasteiger partial charge on any atom is 0.274 e. The molecule has 10 heteroatoms. The van der Waals surface area contributed by atoms with E-state index in [1.165, 1.54) is 22.3 Å². The van der Waals surface area contributed by atoms with Crippen LogP contribution >= 0.6 is 11.8 Å². The van der Waals surface area contributed by atoms with Crippen molar-refractivity contribution >= 4 is 35.6 Å². The third-order valence-electron chi connectivity index (χ3n) is 3.47. The Bertz CT molecular complexity index is 1130. The van der Waals surface area contributed by atoms with Gasteiger partial charge in [-0.05, 0) is 11.6 Å². The lowest BCUT2D eigenvalue weighted by Crippen LogP contribution is -2.15. The predicted octanol–water partition coefficient (Wildman–Crippen LogP) is 1.58. The minimum absolute atomic E-state index is 0.142. The Labute approximate surface area is 151 Å². The zero-order chi connectivity index (χ0) is 17.9. The van der Waals surface area contributed by atoms with E-state index >= 15 is 0 Å². The summed E-state index contributed by atoms with van der Waals surface area (Å²) in [6.45, 7) is 0. The molecular weight excluding hydrogens is 352 g/mol. The number of anilines is 1. The molecule has 0 fully saturated rings. The molecule has 1 aromatic carbocycles. The van der Waals surface area contributed by atoms with E-state index in [1.807, 2.05) is 42.5 Å². The number of aromatic amines is 2. The molecule has 4 rings (SSSR count). The molecule has 4 N–H and O–H groups in total. The number of H-pyrrole nitrogens is 2. The van der Waals surface area contributed by atoms with Gasteiger partial charge in [0.15, 0.2) is 0 Å². The van der Waals surface area contributed by atoms with Crippen LogP contribution in [0.2, 0.25) is 0 Å². The van der Waals surface area contributed by atoms with Gasteiger partial charge in [-0.25, -0.2) is 9.97 Å². The molecule has 4 aromatic rings. The molecule has 0 spiro atoms. The molecule has 0 bridgehead atoms. The quantitative estimate of drug-likeness (QED) is 0.457. The van der Waals surface area contributed by atoms with Crippen molar-refractivity contribution in [1.82, 2.24) is 34.8 Å². The second-order valence-electron chi connectivity index (χ2n) is 5.37. The van der Waals surface area contributed by atoms with Gasteiger partial charge in [0.05, 0.1) is 5.69 Å². The number of nitrogens with two attached hydrogens (primary N) is 1. The van der Waals surface area contributed by atoms with Gasteiger partial charge in [0.1, 0.15) is 5.82 Å². The van der Waals surface area contributed by atoms with Crippen molar-refractivity contribution in [2.45, 2.75) is 10.9 Å². The molecule has 0 atom stereocenters. The molecular formula is C16H14N8OS. The topological polar surface area (TPSA) is 131 Å². The van der Waals surface area contributed by atoms with Crippen LogP contribution in [0.3, 0.4) is 0 Å². The van der Waals surface area contributed by atoms with Crippen LogP contribution in [0.4, 0.5) is 5.95 Å². The Morgan fingerprint density at radius 1 is 1.15 bits per heavy atom. The molecule has 3 heterocycles. The second-order valence-corrected chi connectivity index (χ2v) is 6.31. The fourth-order valence-corrected chi connectivity index (χ4v) is 2.99. The van der Waals surface area contributed by atoms with E-state index in [0.29, 0.717) is 22.4 Å². The van der Waals surface area contributed by atoms with E-state index in [2.05, 4.69) is 30.2 Å². The summed E-state index contributed by atoms with van der Waals surface area (Å²) >= 11 is 1.37. The summed E-state index contributed by atoms with van der Waals surface area (Å²) in [5, 5.41) is 10.2. The third-order valence-corrected chi connectivity index (χ3v) is 4.35. The maximum atomic E-state index is 12.0. The highest BCUT2D eigenvalue weighted by atomic mass is 32.2. The average molecular weight is 366 g/mol. The van der Waals surface area contributed by atoms with Crippen LogP contribution in [-0.4, -0.2) is 34.8 Å². The maximum absolute atomic E-state index is 12.0. The van der Waals surface area contributed by atoms with Gasteiger partial charge in [0.2, 0.25) is 11.1 Å². The van der Waals surface area contributed by atoms with Gasteiger partial charge in [-0.15, -0.1) is 5.10 Å². The minimum atomic E-state index is -0.267. The molecule has 9 nitrogen and oxygen atoms in total. The van der Waals surface area contributed by atoms with Crippen LogP contribution in [0.15, 0.2) is 46.3 Å². The number of nitrogens with one attached hydrogen (secondary N) is 2. The zero-order valence-electron chi connectivity index (χ0n) is 13.5. The van der Waals surface area contributed by atoms with Gasteiger partial charge >= 0.3 is 0 Å². The Balaban J connectivity index is 1.45. The molecule has 0 saturated carbocycles. The first-order chi connectivity index (χ1) is 12.7. The molecule has 0 aliphatic carbocycles. The number of thioether (sulfide) groups is 1. The van der Waals surface area contributed by atoms with Crippen LogP contribution in [0.1, 0.15) is 17.1 Å². The van der Waals surface area contributed by atoms with E-state index in [1.54, 1.807) is 0 Å². The van der Waals surface area contributed by atoms with Crippen molar-refractivity contribution in [3.63, 3.8) is 0 Å². The minimum Gasteiger partial charge on any atom is -0.368 e. The smallest absolute Gasteiger partial charge is 0.274 e. The van der Waals surface area contributed by atoms with Crippen molar-refractivity contribution in [1.29, 1.82) is 0 Å². The van der Waals surface area contributed by atoms with Gasteiger partial charge in [0.25, 0.3) is 11.3 Å². The molecule has 0 unspecified atom stereocenters. The number of rotatable bonds is 5. The lowest BCUT2D eigenvalue weighted by Gasteiger charge is -1.97.